The lowest BCUT2D eigenvalue weighted by Gasteiger charge is -2.06. The van der Waals surface area contributed by atoms with Crippen molar-refractivity contribution in [3.63, 3.8) is 0 Å². The van der Waals surface area contributed by atoms with Crippen LogP contribution in [-0.2, 0) is 11.3 Å². The lowest BCUT2D eigenvalue weighted by Crippen LogP contribution is -2.12. The maximum Gasteiger partial charge on any atom is 0.360 e. The number of carbonyl (C=O) groups excluding carboxylic acids is 2. The number of ether oxygens (including phenoxy) is 1. The Balaban J connectivity index is 1.61. The van der Waals surface area contributed by atoms with Gasteiger partial charge in [-0.1, -0.05) is 22.4 Å². The summed E-state index contributed by atoms with van der Waals surface area (Å²) in [7, 11) is 0. The van der Waals surface area contributed by atoms with E-state index in [0.29, 0.717) is 22.8 Å². The molecule has 128 valence electrons. The summed E-state index contributed by atoms with van der Waals surface area (Å²) in [5.74, 6) is 0.113. The van der Waals surface area contributed by atoms with Gasteiger partial charge in [0.05, 0.1) is 0 Å². The van der Waals surface area contributed by atoms with Gasteiger partial charge in [0.25, 0.3) is 5.91 Å². The molecule has 0 fully saturated rings. The first-order valence-electron chi connectivity index (χ1n) is 7.45. The molecule has 0 aliphatic heterocycles. The number of nitrogens with one attached hydrogen (secondary N) is 1. The lowest BCUT2D eigenvalue weighted by atomic mass is 10.2. The number of aryl methyl sites for hydroxylation is 2. The van der Waals surface area contributed by atoms with Crippen molar-refractivity contribution in [2.45, 2.75) is 20.5 Å². The third-order valence-electron chi connectivity index (χ3n) is 3.25. The molecule has 1 amide bonds. The normalized spacial score (nSPS) is 10.5. The molecule has 25 heavy (non-hydrogen) atoms. The number of aromatic nitrogens is 2. The topological polar surface area (TPSA) is 107 Å². The highest BCUT2D eigenvalue weighted by molar-refractivity contribution is 6.02. The highest BCUT2D eigenvalue weighted by Crippen LogP contribution is 2.14. The van der Waals surface area contributed by atoms with Crippen molar-refractivity contribution in [3.8, 4) is 0 Å². The zero-order valence-electron chi connectivity index (χ0n) is 13.6. The molecule has 0 spiro atoms. The third kappa shape index (κ3) is 4.11. The fraction of sp³-hybridized carbons (Fsp3) is 0.176. The summed E-state index contributed by atoms with van der Waals surface area (Å²) in [5.41, 5.74) is 1.57. The lowest BCUT2D eigenvalue weighted by molar-refractivity contribution is 0.0460. The molecule has 2 heterocycles. The summed E-state index contributed by atoms with van der Waals surface area (Å²) in [6, 6.07) is 9.98. The van der Waals surface area contributed by atoms with Crippen LogP contribution in [-0.4, -0.2) is 22.2 Å². The molecule has 0 saturated heterocycles. The van der Waals surface area contributed by atoms with Gasteiger partial charge in [0, 0.05) is 17.8 Å². The molecule has 8 nitrogen and oxygen atoms in total. The van der Waals surface area contributed by atoms with Gasteiger partial charge in [-0.2, -0.15) is 0 Å². The van der Waals surface area contributed by atoms with Crippen LogP contribution in [0.3, 0.4) is 0 Å². The van der Waals surface area contributed by atoms with Crippen molar-refractivity contribution >= 4 is 17.6 Å². The first kappa shape index (κ1) is 16.4. The summed E-state index contributed by atoms with van der Waals surface area (Å²) in [6.07, 6.45) is 0. The van der Waals surface area contributed by atoms with Gasteiger partial charge in [-0.05, 0) is 31.5 Å². The molecule has 0 radical (unpaired) electrons. The molecule has 2 aromatic heterocycles. The number of anilines is 1. The molecule has 0 unspecified atom stereocenters. The third-order valence-corrected chi connectivity index (χ3v) is 3.25. The summed E-state index contributed by atoms with van der Waals surface area (Å²) < 4.78 is 14.9. The first-order chi connectivity index (χ1) is 12.0. The van der Waals surface area contributed by atoms with Gasteiger partial charge >= 0.3 is 5.97 Å². The van der Waals surface area contributed by atoms with Gasteiger partial charge in [0.15, 0.2) is 11.4 Å². The van der Waals surface area contributed by atoms with Crippen LogP contribution in [0, 0.1) is 13.8 Å². The maximum absolute atomic E-state index is 12.1. The van der Waals surface area contributed by atoms with E-state index in [9.17, 15) is 9.59 Å². The Bertz CT molecular complexity index is 912. The van der Waals surface area contributed by atoms with E-state index in [4.69, 9.17) is 13.8 Å². The van der Waals surface area contributed by atoms with Crippen LogP contribution >= 0.6 is 0 Å². The van der Waals surface area contributed by atoms with Crippen LogP contribution in [0.4, 0.5) is 5.69 Å². The van der Waals surface area contributed by atoms with Crippen LogP contribution in [0.1, 0.15) is 38.1 Å². The molecule has 0 atom stereocenters. The van der Waals surface area contributed by atoms with Crippen LogP contribution in [0.2, 0.25) is 0 Å². The van der Waals surface area contributed by atoms with Crippen molar-refractivity contribution in [3.05, 3.63) is 64.9 Å². The Kier molecular flexibility index (Phi) is 4.60. The Morgan fingerprint density at radius 2 is 1.72 bits per heavy atom. The SMILES string of the molecule is Cc1cc(C(=O)Nc2cccc(COC(=O)c3cc(C)on3)c2)no1. The number of esters is 1. The van der Waals surface area contributed by atoms with Crippen molar-refractivity contribution < 1.29 is 23.4 Å². The van der Waals surface area contributed by atoms with E-state index in [1.165, 1.54) is 6.07 Å². The van der Waals surface area contributed by atoms with Crippen LogP contribution in [0.5, 0.6) is 0 Å². The van der Waals surface area contributed by atoms with Gasteiger partial charge in [-0.15, -0.1) is 0 Å². The highest BCUT2D eigenvalue weighted by Gasteiger charge is 2.14. The number of carbonyl (C=O) groups is 2. The number of nitrogens with zero attached hydrogens (tertiary/aromatic N) is 2. The van der Waals surface area contributed by atoms with E-state index in [2.05, 4.69) is 15.6 Å². The number of benzene rings is 1. The van der Waals surface area contributed by atoms with E-state index in [-0.39, 0.29) is 23.9 Å². The Morgan fingerprint density at radius 3 is 2.36 bits per heavy atom. The molecular formula is C17H15N3O5. The highest BCUT2D eigenvalue weighted by atomic mass is 16.5. The van der Waals surface area contributed by atoms with Crippen molar-refractivity contribution in [2.75, 3.05) is 5.32 Å². The molecule has 0 aliphatic carbocycles. The van der Waals surface area contributed by atoms with Crippen LogP contribution in [0.25, 0.3) is 0 Å². The molecule has 3 rings (SSSR count). The average molecular weight is 341 g/mol. The molecule has 8 heteroatoms. The summed E-state index contributed by atoms with van der Waals surface area (Å²) in [6.45, 7) is 3.43. The predicted octanol–water partition coefficient (Wildman–Crippen LogP) is 2.89. The molecule has 0 saturated carbocycles. The average Bonchev–Trinajstić information content (AvgIpc) is 3.21. The molecule has 3 aromatic rings. The molecular weight excluding hydrogens is 326 g/mol. The number of amides is 1. The molecule has 1 N–H and O–H groups in total. The van der Waals surface area contributed by atoms with Crippen LogP contribution < -0.4 is 5.32 Å². The van der Waals surface area contributed by atoms with E-state index < -0.39 is 5.97 Å². The monoisotopic (exact) mass is 341 g/mol. The van der Waals surface area contributed by atoms with Crippen molar-refractivity contribution in [1.82, 2.24) is 10.3 Å². The smallest absolute Gasteiger partial charge is 0.360 e. The fourth-order valence-electron chi connectivity index (χ4n) is 2.09. The number of hydrogen-bond donors (Lipinski definition) is 1. The summed E-state index contributed by atoms with van der Waals surface area (Å²) in [5, 5.41) is 9.96. The molecule has 1 aromatic carbocycles. The number of hydrogen-bond acceptors (Lipinski definition) is 7. The summed E-state index contributed by atoms with van der Waals surface area (Å²) in [4.78, 5) is 23.9. The first-order valence-corrected chi connectivity index (χ1v) is 7.45. The van der Waals surface area contributed by atoms with E-state index in [1.54, 1.807) is 44.2 Å². The maximum atomic E-state index is 12.1. The quantitative estimate of drug-likeness (QED) is 0.711. The minimum Gasteiger partial charge on any atom is -0.456 e. The second kappa shape index (κ2) is 7.00. The van der Waals surface area contributed by atoms with Crippen molar-refractivity contribution in [1.29, 1.82) is 0 Å². The van der Waals surface area contributed by atoms with E-state index in [0.717, 1.165) is 0 Å². The Labute approximate surface area is 142 Å². The van der Waals surface area contributed by atoms with E-state index in [1.807, 2.05) is 0 Å². The van der Waals surface area contributed by atoms with Gasteiger partial charge in [-0.25, -0.2) is 4.79 Å². The minimum absolute atomic E-state index is 0.0392. The minimum atomic E-state index is -0.579. The summed E-state index contributed by atoms with van der Waals surface area (Å²) >= 11 is 0. The standard InChI is InChI=1S/C17H15N3O5/c1-10-6-14(19-24-10)16(21)18-13-5-3-4-12(8-13)9-23-17(22)15-7-11(2)25-20-15/h3-8H,9H2,1-2H3,(H,18,21). The second-order valence-corrected chi connectivity index (χ2v) is 5.38. The fourth-order valence-corrected chi connectivity index (χ4v) is 2.09. The van der Waals surface area contributed by atoms with Crippen LogP contribution in [0.15, 0.2) is 45.4 Å². The van der Waals surface area contributed by atoms with Gasteiger partial charge in [-0.3, -0.25) is 4.79 Å². The van der Waals surface area contributed by atoms with Gasteiger partial charge < -0.3 is 19.1 Å². The molecule has 0 aliphatic rings. The van der Waals surface area contributed by atoms with Gasteiger partial charge in [0.1, 0.15) is 18.1 Å². The molecule has 0 bridgehead atoms. The zero-order valence-corrected chi connectivity index (χ0v) is 13.6. The van der Waals surface area contributed by atoms with E-state index >= 15 is 0 Å². The second-order valence-electron chi connectivity index (χ2n) is 5.38. The number of rotatable bonds is 5. The Morgan fingerprint density at radius 1 is 1.04 bits per heavy atom. The zero-order chi connectivity index (χ0) is 17.8. The Hall–Kier alpha value is -3.42. The largest absolute Gasteiger partial charge is 0.456 e. The predicted molar refractivity (Wildman–Crippen MR) is 86.0 cm³/mol. The van der Waals surface area contributed by atoms with Crippen molar-refractivity contribution in [2.24, 2.45) is 0 Å². The van der Waals surface area contributed by atoms with Gasteiger partial charge in [0.2, 0.25) is 0 Å².